The first kappa shape index (κ1) is 12.5. The monoisotopic (exact) mass is 273 g/mol. The highest BCUT2D eigenvalue weighted by Crippen LogP contribution is 2.40. The minimum absolute atomic E-state index is 0.0256. The summed E-state index contributed by atoms with van der Waals surface area (Å²) >= 11 is 5.92. The van der Waals surface area contributed by atoms with Crippen LogP contribution in [0, 0.1) is 0 Å². The Bertz CT molecular complexity index is 567. The number of halogens is 1. The van der Waals surface area contributed by atoms with Crippen LogP contribution in [0.15, 0.2) is 48.5 Å². The zero-order chi connectivity index (χ0) is 13.2. The van der Waals surface area contributed by atoms with Gasteiger partial charge in [0.15, 0.2) is 0 Å². The summed E-state index contributed by atoms with van der Waals surface area (Å²) < 4.78 is 5.68. The molecule has 3 rings (SSSR count). The van der Waals surface area contributed by atoms with E-state index in [1.807, 2.05) is 42.5 Å². The van der Waals surface area contributed by atoms with Crippen molar-refractivity contribution in [2.75, 3.05) is 6.61 Å². The predicted molar refractivity (Wildman–Crippen MR) is 77.7 cm³/mol. The lowest BCUT2D eigenvalue weighted by atomic mass is 9.84. The Balaban J connectivity index is 1.92. The van der Waals surface area contributed by atoms with Gasteiger partial charge in [-0.15, -0.1) is 0 Å². The Morgan fingerprint density at radius 2 is 1.84 bits per heavy atom. The highest BCUT2D eigenvalue weighted by molar-refractivity contribution is 6.30. The molecule has 1 heterocycles. The van der Waals surface area contributed by atoms with Crippen LogP contribution in [-0.4, -0.2) is 6.61 Å². The van der Waals surface area contributed by atoms with E-state index in [2.05, 4.69) is 6.07 Å². The minimum atomic E-state index is -0.0256. The second kappa shape index (κ2) is 5.24. The molecule has 98 valence electrons. The van der Waals surface area contributed by atoms with E-state index in [0.29, 0.717) is 5.92 Å². The van der Waals surface area contributed by atoms with Gasteiger partial charge >= 0.3 is 0 Å². The first-order valence-corrected chi connectivity index (χ1v) is 6.86. The van der Waals surface area contributed by atoms with E-state index in [1.165, 1.54) is 5.56 Å². The van der Waals surface area contributed by atoms with Gasteiger partial charge in [-0.25, -0.2) is 0 Å². The fraction of sp³-hybridized carbons (Fsp3) is 0.250. The van der Waals surface area contributed by atoms with Gasteiger partial charge < -0.3 is 10.5 Å². The van der Waals surface area contributed by atoms with E-state index in [0.717, 1.165) is 29.4 Å². The molecule has 0 fully saturated rings. The zero-order valence-electron chi connectivity index (χ0n) is 10.6. The Morgan fingerprint density at radius 3 is 2.63 bits per heavy atom. The second-order valence-electron chi connectivity index (χ2n) is 4.86. The third-order valence-corrected chi connectivity index (χ3v) is 3.95. The van der Waals surface area contributed by atoms with Crippen molar-refractivity contribution in [3.05, 3.63) is 64.7 Å². The minimum Gasteiger partial charge on any atom is -0.493 e. The number of hydrogen-bond donors (Lipinski definition) is 1. The molecule has 2 unspecified atom stereocenters. The topological polar surface area (TPSA) is 35.2 Å². The van der Waals surface area contributed by atoms with Crippen molar-refractivity contribution in [3.8, 4) is 5.75 Å². The van der Waals surface area contributed by atoms with Crippen molar-refractivity contribution >= 4 is 11.6 Å². The van der Waals surface area contributed by atoms with E-state index in [4.69, 9.17) is 22.1 Å². The van der Waals surface area contributed by atoms with Crippen molar-refractivity contribution in [1.82, 2.24) is 0 Å². The van der Waals surface area contributed by atoms with Gasteiger partial charge in [0.1, 0.15) is 5.75 Å². The van der Waals surface area contributed by atoms with Gasteiger partial charge in [0.05, 0.1) is 6.61 Å². The largest absolute Gasteiger partial charge is 0.493 e. The molecule has 0 spiro atoms. The Hall–Kier alpha value is -1.51. The summed E-state index contributed by atoms with van der Waals surface area (Å²) in [4.78, 5) is 0. The smallest absolute Gasteiger partial charge is 0.122 e. The summed E-state index contributed by atoms with van der Waals surface area (Å²) in [7, 11) is 0. The standard InChI is InChI=1S/C16H16ClNO/c17-12-7-5-11(6-8-12)16(18)14-9-10-19-15-4-2-1-3-13(14)15/h1-8,14,16H,9-10,18H2. The molecular formula is C16H16ClNO. The highest BCUT2D eigenvalue weighted by Gasteiger charge is 2.27. The second-order valence-corrected chi connectivity index (χ2v) is 5.30. The van der Waals surface area contributed by atoms with E-state index in [9.17, 15) is 0 Å². The number of nitrogens with two attached hydrogens (primary N) is 1. The fourth-order valence-electron chi connectivity index (χ4n) is 2.66. The third-order valence-electron chi connectivity index (χ3n) is 3.69. The van der Waals surface area contributed by atoms with Crippen LogP contribution in [0.3, 0.4) is 0 Å². The van der Waals surface area contributed by atoms with Crippen molar-refractivity contribution < 1.29 is 4.74 Å². The van der Waals surface area contributed by atoms with Gasteiger partial charge in [-0.1, -0.05) is 41.9 Å². The molecule has 1 aliphatic rings. The lowest BCUT2D eigenvalue weighted by molar-refractivity contribution is 0.255. The van der Waals surface area contributed by atoms with Gasteiger partial charge in [-0.05, 0) is 35.7 Å². The van der Waals surface area contributed by atoms with Crippen molar-refractivity contribution in [2.24, 2.45) is 5.73 Å². The lowest BCUT2D eigenvalue weighted by Crippen LogP contribution is -2.25. The van der Waals surface area contributed by atoms with Crippen molar-refractivity contribution in [2.45, 2.75) is 18.4 Å². The molecule has 0 aliphatic carbocycles. The Kier molecular flexibility index (Phi) is 3.45. The molecule has 0 radical (unpaired) electrons. The van der Waals surface area contributed by atoms with Gasteiger partial charge in [-0.3, -0.25) is 0 Å². The molecular weight excluding hydrogens is 258 g/mol. The van der Waals surface area contributed by atoms with Crippen LogP contribution in [-0.2, 0) is 0 Å². The van der Waals surface area contributed by atoms with Crippen LogP contribution < -0.4 is 10.5 Å². The maximum atomic E-state index is 6.44. The quantitative estimate of drug-likeness (QED) is 0.900. The van der Waals surface area contributed by atoms with E-state index in [-0.39, 0.29) is 6.04 Å². The summed E-state index contributed by atoms with van der Waals surface area (Å²) in [6, 6.07) is 15.9. The number of benzene rings is 2. The summed E-state index contributed by atoms with van der Waals surface area (Å²) in [6.45, 7) is 0.725. The SMILES string of the molecule is NC(c1ccc(Cl)cc1)C1CCOc2ccccc21. The first-order chi connectivity index (χ1) is 9.25. The summed E-state index contributed by atoms with van der Waals surface area (Å²) in [5.74, 6) is 1.26. The van der Waals surface area contributed by atoms with E-state index < -0.39 is 0 Å². The molecule has 3 heteroatoms. The third kappa shape index (κ3) is 2.46. The van der Waals surface area contributed by atoms with Gasteiger partial charge in [0.2, 0.25) is 0 Å². The highest BCUT2D eigenvalue weighted by atomic mass is 35.5. The van der Waals surface area contributed by atoms with Crippen LogP contribution in [0.5, 0.6) is 5.75 Å². The molecule has 1 aliphatic heterocycles. The van der Waals surface area contributed by atoms with Gasteiger partial charge in [0.25, 0.3) is 0 Å². The molecule has 2 N–H and O–H groups in total. The van der Waals surface area contributed by atoms with E-state index >= 15 is 0 Å². The number of para-hydroxylation sites is 1. The number of ether oxygens (including phenoxy) is 1. The van der Waals surface area contributed by atoms with Gasteiger partial charge in [0, 0.05) is 17.0 Å². The number of fused-ring (bicyclic) bond motifs is 1. The lowest BCUT2D eigenvalue weighted by Gasteiger charge is -2.30. The van der Waals surface area contributed by atoms with Gasteiger partial charge in [-0.2, -0.15) is 0 Å². The fourth-order valence-corrected chi connectivity index (χ4v) is 2.79. The summed E-state index contributed by atoms with van der Waals surface area (Å²) in [5.41, 5.74) is 8.76. The predicted octanol–water partition coefficient (Wildman–Crippen LogP) is 3.91. The molecule has 2 nitrogen and oxygen atoms in total. The molecule has 0 amide bonds. The van der Waals surface area contributed by atoms with Crippen LogP contribution in [0.25, 0.3) is 0 Å². The first-order valence-electron chi connectivity index (χ1n) is 6.48. The molecule has 19 heavy (non-hydrogen) atoms. The normalized spacial score (nSPS) is 19.4. The van der Waals surface area contributed by atoms with Crippen LogP contribution in [0.1, 0.15) is 29.5 Å². The maximum Gasteiger partial charge on any atom is 0.122 e. The summed E-state index contributed by atoms with van der Waals surface area (Å²) in [5, 5.41) is 0.739. The number of rotatable bonds is 2. The molecule has 0 bridgehead atoms. The number of hydrogen-bond acceptors (Lipinski definition) is 2. The molecule has 2 aromatic rings. The molecule has 0 saturated heterocycles. The van der Waals surface area contributed by atoms with Crippen LogP contribution >= 0.6 is 11.6 Å². The maximum absolute atomic E-state index is 6.44. The van der Waals surface area contributed by atoms with Crippen molar-refractivity contribution in [3.63, 3.8) is 0 Å². The summed E-state index contributed by atoms with van der Waals surface area (Å²) in [6.07, 6.45) is 0.945. The van der Waals surface area contributed by atoms with Crippen LogP contribution in [0.2, 0.25) is 5.02 Å². The average molecular weight is 274 g/mol. The van der Waals surface area contributed by atoms with Crippen LogP contribution in [0.4, 0.5) is 0 Å². The van der Waals surface area contributed by atoms with E-state index in [1.54, 1.807) is 0 Å². The molecule has 0 saturated carbocycles. The average Bonchev–Trinajstić information content (AvgIpc) is 2.47. The van der Waals surface area contributed by atoms with Crippen molar-refractivity contribution in [1.29, 1.82) is 0 Å². The molecule has 0 aromatic heterocycles. The zero-order valence-corrected chi connectivity index (χ0v) is 11.3. The Labute approximate surface area is 118 Å². The molecule has 2 aromatic carbocycles. The Morgan fingerprint density at radius 1 is 1.11 bits per heavy atom. The molecule has 2 atom stereocenters.